The van der Waals surface area contributed by atoms with Crippen molar-refractivity contribution in [3.05, 3.63) is 23.8 Å². The zero-order valence-electron chi connectivity index (χ0n) is 7.10. The second-order valence-corrected chi connectivity index (χ2v) is 5.68. The molecule has 1 amide bonds. The van der Waals surface area contributed by atoms with E-state index < -0.39 is 15.1 Å². The second-order valence-electron chi connectivity index (χ2n) is 3.38. The van der Waals surface area contributed by atoms with Crippen LogP contribution < -0.4 is 4.72 Å². The fraction of sp³-hybridized carbons (Fsp3) is 0.375. The van der Waals surface area contributed by atoms with Crippen LogP contribution in [0.2, 0.25) is 0 Å². The Balaban J connectivity index is 2.12. The number of hydrogen-bond donors (Lipinski definition) is 1. The number of carbonyl (C=O) groups is 1. The SMILES string of the molecule is O=C(NS(=O)(=O)Cl)C1=C[C@H]2C=C[C@@H]1C2. The number of carbonyl (C=O) groups excluding carboxylic acids is 1. The van der Waals surface area contributed by atoms with Gasteiger partial charge in [0.1, 0.15) is 0 Å². The largest absolute Gasteiger partial charge is 0.321 e. The van der Waals surface area contributed by atoms with E-state index in [4.69, 9.17) is 10.7 Å². The zero-order valence-corrected chi connectivity index (χ0v) is 8.68. The Morgan fingerprint density at radius 1 is 1.50 bits per heavy atom. The third kappa shape index (κ3) is 1.83. The van der Waals surface area contributed by atoms with E-state index in [2.05, 4.69) is 0 Å². The monoisotopic (exact) mass is 233 g/mol. The summed E-state index contributed by atoms with van der Waals surface area (Å²) in [5.41, 5.74) is 0.502. The Bertz CT molecular complexity index is 438. The number of rotatable bonds is 2. The predicted octanol–water partition coefficient (Wildman–Crippen LogP) is 0.719. The normalized spacial score (nSPS) is 29.1. The number of nitrogens with one attached hydrogen (secondary N) is 1. The van der Waals surface area contributed by atoms with E-state index in [0.29, 0.717) is 5.57 Å². The van der Waals surface area contributed by atoms with Crippen molar-refractivity contribution in [3.8, 4) is 0 Å². The highest BCUT2D eigenvalue weighted by atomic mass is 35.7. The molecule has 2 rings (SSSR count). The van der Waals surface area contributed by atoms with E-state index >= 15 is 0 Å². The first-order valence-corrected chi connectivity index (χ1v) is 6.43. The summed E-state index contributed by atoms with van der Waals surface area (Å²) < 4.78 is 22.9. The van der Waals surface area contributed by atoms with Crippen LogP contribution in [-0.2, 0) is 14.0 Å². The lowest BCUT2D eigenvalue weighted by Crippen LogP contribution is -2.29. The highest BCUT2D eigenvalue weighted by Crippen LogP contribution is 2.38. The Morgan fingerprint density at radius 3 is 2.64 bits per heavy atom. The van der Waals surface area contributed by atoms with Gasteiger partial charge in [0.05, 0.1) is 0 Å². The van der Waals surface area contributed by atoms with Gasteiger partial charge in [-0.3, -0.25) is 4.79 Å². The molecule has 0 fully saturated rings. The van der Waals surface area contributed by atoms with Gasteiger partial charge in [0, 0.05) is 22.2 Å². The Hall–Kier alpha value is -0.810. The topological polar surface area (TPSA) is 63.2 Å². The van der Waals surface area contributed by atoms with Crippen LogP contribution in [0.3, 0.4) is 0 Å². The van der Waals surface area contributed by atoms with Gasteiger partial charge in [-0.25, -0.2) is 4.72 Å². The first-order valence-electron chi connectivity index (χ1n) is 4.12. The summed E-state index contributed by atoms with van der Waals surface area (Å²) in [5.74, 6) is -0.283. The van der Waals surface area contributed by atoms with Crippen molar-refractivity contribution >= 4 is 25.8 Å². The Kier molecular flexibility index (Phi) is 2.16. The molecule has 2 atom stereocenters. The molecule has 14 heavy (non-hydrogen) atoms. The smallest absolute Gasteiger partial charge is 0.269 e. The molecule has 2 aliphatic rings. The summed E-state index contributed by atoms with van der Waals surface area (Å²) in [6.45, 7) is 0. The molecule has 0 heterocycles. The number of amides is 1. The minimum absolute atomic E-state index is 0.0541. The summed E-state index contributed by atoms with van der Waals surface area (Å²) in [6.07, 6.45) is 6.57. The van der Waals surface area contributed by atoms with Crippen LogP contribution in [-0.4, -0.2) is 14.3 Å². The molecular formula is C8H8ClNO3S. The maximum atomic E-state index is 11.4. The van der Waals surface area contributed by atoms with E-state index in [-0.39, 0.29) is 11.8 Å². The van der Waals surface area contributed by atoms with Gasteiger partial charge in [0.25, 0.3) is 5.91 Å². The minimum atomic E-state index is -3.97. The van der Waals surface area contributed by atoms with Crippen molar-refractivity contribution in [2.45, 2.75) is 6.42 Å². The van der Waals surface area contributed by atoms with Crippen LogP contribution in [0, 0.1) is 11.8 Å². The lowest BCUT2D eigenvalue weighted by molar-refractivity contribution is -0.116. The van der Waals surface area contributed by atoms with Crippen LogP contribution in [0.5, 0.6) is 0 Å². The van der Waals surface area contributed by atoms with Gasteiger partial charge in [-0.1, -0.05) is 18.2 Å². The molecule has 0 radical (unpaired) electrons. The quantitative estimate of drug-likeness (QED) is 0.565. The molecule has 0 aromatic rings. The second kappa shape index (κ2) is 3.10. The van der Waals surface area contributed by atoms with Gasteiger partial charge in [-0.2, -0.15) is 8.42 Å². The summed E-state index contributed by atoms with van der Waals surface area (Å²) in [7, 11) is 0.934. The number of halogens is 1. The molecule has 2 aliphatic carbocycles. The van der Waals surface area contributed by atoms with E-state index in [1.165, 1.54) is 0 Å². The van der Waals surface area contributed by atoms with Crippen molar-refractivity contribution in [2.75, 3.05) is 0 Å². The van der Waals surface area contributed by atoms with Crippen LogP contribution in [0.25, 0.3) is 0 Å². The number of hydrogen-bond acceptors (Lipinski definition) is 3. The fourth-order valence-electron chi connectivity index (χ4n) is 1.85. The van der Waals surface area contributed by atoms with Gasteiger partial charge in [0.15, 0.2) is 0 Å². The number of allylic oxidation sites excluding steroid dienone is 3. The summed E-state index contributed by atoms with van der Waals surface area (Å²) in [6, 6.07) is 0. The zero-order chi connectivity index (χ0) is 10.3. The molecule has 0 aliphatic heterocycles. The molecule has 0 unspecified atom stereocenters. The minimum Gasteiger partial charge on any atom is -0.269 e. The molecular weight excluding hydrogens is 226 g/mol. The molecule has 1 N–H and O–H groups in total. The summed E-state index contributed by atoms with van der Waals surface area (Å²) in [4.78, 5) is 11.4. The molecule has 0 saturated heterocycles. The van der Waals surface area contributed by atoms with Crippen molar-refractivity contribution in [1.82, 2.24) is 4.72 Å². The van der Waals surface area contributed by atoms with Gasteiger partial charge in [-0.15, -0.1) is 0 Å². The van der Waals surface area contributed by atoms with Crippen molar-refractivity contribution in [2.24, 2.45) is 11.8 Å². The Labute approximate surface area is 86.2 Å². The lowest BCUT2D eigenvalue weighted by atomic mass is 10.0. The number of fused-ring (bicyclic) bond motifs is 2. The first kappa shape index (κ1) is 9.73. The van der Waals surface area contributed by atoms with E-state index in [9.17, 15) is 13.2 Å². The van der Waals surface area contributed by atoms with E-state index in [1.54, 1.807) is 10.8 Å². The van der Waals surface area contributed by atoms with Crippen molar-refractivity contribution < 1.29 is 13.2 Å². The fourth-order valence-corrected chi connectivity index (χ4v) is 2.40. The lowest BCUT2D eigenvalue weighted by Gasteiger charge is -2.07. The predicted molar refractivity (Wildman–Crippen MR) is 51.7 cm³/mol. The maximum absolute atomic E-state index is 11.4. The summed E-state index contributed by atoms with van der Waals surface area (Å²) in [5, 5.41) is 0. The standard InChI is InChI=1S/C8H8ClNO3S/c9-14(12,13)10-8(11)7-4-5-1-2-6(7)3-5/h1-2,4-6H,3H2,(H,10,11)/t5-,6+/m0/s1. The van der Waals surface area contributed by atoms with Crippen LogP contribution in [0.1, 0.15) is 6.42 Å². The van der Waals surface area contributed by atoms with Crippen LogP contribution >= 0.6 is 10.7 Å². The van der Waals surface area contributed by atoms with Gasteiger partial charge in [-0.05, 0) is 12.3 Å². The van der Waals surface area contributed by atoms with Gasteiger partial charge < -0.3 is 0 Å². The van der Waals surface area contributed by atoms with Crippen molar-refractivity contribution in [1.29, 1.82) is 0 Å². The molecule has 2 bridgehead atoms. The molecule has 0 aromatic heterocycles. The average Bonchev–Trinajstić information content (AvgIpc) is 2.59. The third-order valence-electron chi connectivity index (χ3n) is 2.39. The highest BCUT2D eigenvalue weighted by molar-refractivity contribution is 8.12. The molecule has 0 saturated carbocycles. The molecule has 0 aromatic carbocycles. The van der Waals surface area contributed by atoms with Crippen LogP contribution in [0.15, 0.2) is 23.8 Å². The Morgan fingerprint density at radius 2 is 2.21 bits per heavy atom. The van der Waals surface area contributed by atoms with Crippen LogP contribution in [0.4, 0.5) is 0 Å². The summed E-state index contributed by atoms with van der Waals surface area (Å²) >= 11 is 0. The maximum Gasteiger partial charge on any atom is 0.321 e. The van der Waals surface area contributed by atoms with Gasteiger partial charge in [0.2, 0.25) is 0 Å². The molecule has 6 heteroatoms. The van der Waals surface area contributed by atoms with E-state index in [1.807, 2.05) is 12.2 Å². The molecule has 0 spiro atoms. The average molecular weight is 234 g/mol. The van der Waals surface area contributed by atoms with Gasteiger partial charge >= 0.3 is 9.24 Å². The molecule has 76 valence electrons. The van der Waals surface area contributed by atoms with E-state index in [0.717, 1.165) is 6.42 Å². The van der Waals surface area contributed by atoms with Crippen molar-refractivity contribution in [3.63, 3.8) is 0 Å². The first-order chi connectivity index (χ1) is 6.46. The highest BCUT2D eigenvalue weighted by Gasteiger charge is 2.32. The molecule has 4 nitrogen and oxygen atoms in total. The third-order valence-corrected chi connectivity index (χ3v) is 3.05.